The number of nitrogens with zero attached hydrogens (tertiary/aromatic N) is 1. The molecular weight excluding hydrogens is 308 g/mol. The lowest BCUT2D eigenvalue weighted by Crippen LogP contribution is -2.41. The average Bonchev–Trinajstić information content (AvgIpc) is 2.52. The van der Waals surface area contributed by atoms with Gasteiger partial charge in [0, 0.05) is 19.5 Å². The first kappa shape index (κ1) is 20.7. The van der Waals surface area contributed by atoms with Crippen LogP contribution in [0.15, 0.2) is 0 Å². The van der Waals surface area contributed by atoms with E-state index in [-0.39, 0.29) is 5.41 Å². The number of piperidine rings is 2. The van der Waals surface area contributed by atoms with E-state index >= 15 is 0 Å². The molecule has 3 heteroatoms. The van der Waals surface area contributed by atoms with Crippen molar-refractivity contribution in [3.63, 3.8) is 0 Å². The molecule has 2 saturated heterocycles. The first-order valence-electron chi connectivity index (χ1n) is 10.6. The molecular formula is C22H42N2O. The molecule has 0 radical (unpaired) electrons. The summed E-state index contributed by atoms with van der Waals surface area (Å²) in [6.45, 7) is 16.0. The number of nitrogens with one attached hydrogen (secondary N) is 1. The molecule has 3 nitrogen and oxygen atoms in total. The molecule has 0 spiro atoms. The Balaban J connectivity index is 1.76. The predicted octanol–water partition coefficient (Wildman–Crippen LogP) is 4.86. The third kappa shape index (κ3) is 7.68. The highest BCUT2D eigenvalue weighted by molar-refractivity contribution is 5.76. The van der Waals surface area contributed by atoms with Gasteiger partial charge in [0.05, 0.1) is 0 Å². The van der Waals surface area contributed by atoms with Gasteiger partial charge in [-0.3, -0.25) is 4.79 Å². The predicted molar refractivity (Wildman–Crippen MR) is 107 cm³/mol. The Hall–Kier alpha value is -0.570. The van der Waals surface area contributed by atoms with Gasteiger partial charge in [-0.25, -0.2) is 0 Å². The lowest BCUT2D eigenvalue weighted by molar-refractivity contribution is -0.133. The van der Waals surface area contributed by atoms with Crippen molar-refractivity contribution in [1.82, 2.24) is 10.2 Å². The maximum Gasteiger partial charge on any atom is 0.222 e. The molecule has 0 aromatic rings. The highest BCUT2D eigenvalue weighted by Crippen LogP contribution is 2.34. The smallest absolute Gasteiger partial charge is 0.222 e. The number of rotatable bonds is 6. The van der Waals surface area contributed by atoms with Crippen molar-refractivity contribution < 1.29 is 4.79 Å². The van der Waals surface area contributed by atoms with Crippen LogP contribution in [0.3, 0.4) is 0 Å². The van der Waals surface area contributed by atoms with Crippen LogP contribution in [0.4, 0.5) is 0 Å². The van der Waals surface area contributed by atoms with Gasteiger partial charge in [0.25, 0.3) is 0 Å². The van der Waals surface area contributed by atoms with Gasteiger partial charge >= 0.3 is 0 Å². The van der Waals surface area contributed by atoms with E-state index in [1.54, 1.807) is 0 Å². The van der Waals surface area contributed by atoms with Crippen LogP contribution in [0, 0.1) is 22.7 Å². The van der Waals surface area contributed by atoms with E-state index in [9.17, 15) is 4.79 Å². The Kier molecular flexibility index (Phi) is 7.37. The minimum Gasteiger partial charge on any atom is -0.342 e. The van der Waals surface area contributed by atoms with Gasteiger partial charge < -0.3 is 10.2 Å². The van der Waals surface area contributed by atoms with Crippen molar-refractivity contribution in [2.45, 2.75) is 86.0 Å². The summed E-state index contributed by atoms with van der Waals surface area (Å²) in [5, 5.41) is 3.52. The molecule has 1 amide bonds. The second kappa shape index (κ2) is 8.88. The molecule has 2 aliphatic heterocycles. The van der Waals surface area contributed by atoms with Gasteiger partial charge in [0.15, 0.2) is 0 Å². The van der Waals surface area contributed by atoms with Crippen LogP contribution in [-0.2, 0) is 4.79 Å². The zero-order valence-electron chi connectivity index (χ0n) is 17.5. The third-order valence-corrected chi connectivity index (χ3v) is 6.03. The second-order valence-electron chi connectivity index (χ2n) is 10.7. The van der Waals surface area contributed by atoms with Crippen LogP contribution in [0.1, 0.15) is 86.0 Å². The Morgan fingerprint density at radius 3 is 2.40 bits per heavy atom. The fourth-order valence-electron chi connectivity index (χ4n) is 4.91. The number of hydrogen-bond acceptors (Lipinski definition) is 2. The summed E-state index contributed by atoms with van der Waals surface area (Å²) in [5.41, 5.74) is 0.646. The fraction of sp³-hybridized carbons (Fsp3) is 0.955. The molecule has 2 heterocycles. The van der Waals surface area contributed by atoms with Crippen LogP contribution in [0.25, 0.3) is 0 Å². The molecule has 0 aromatic carbocycles. The van der Waals surface area contributed by atoms with Crippen molar-refractivity contribution in [1.29, 1.82) is 0 Å². The minimum absolute atomic E-state index is 0.278. The molecule has 0 aliphatic carbocycles. The highest BCUT2D eigenvalue weighted by atomic mass is 16.2. The Labute approximate surface area is 156 Å². The summed E-state index contributed by atoms with van der Waals surface area (Å²) in [4.78, 5) is 14.9. The summed E-state index contributed by atoms with van der Waals surface area (Å²) in [6.07, 6.45) is 9.38. The molecule has 2 rings (SSSR count). The molecule has 0 bridgehead atoms. The van der Waals surface area contributed by atoms with E-state index in [1.165, 1.54) is 45.1 Å². The molecule has 2 aliphatic rings. The van der Waals surface area contributed by atoms with Gasteiger partial charge in [0.1, 0.15) is 0 Å². The van der Waals surface area contributed by atoms with Crippen LogP contribution in [0.5, 0.6) is 0 Å². The van der Waals surface area contributed by atoms with Crippen molar-refractivity contribution in [2.75, 3.05) is 26.2 Å². The summed E-state index contributed by atoms with van der Waals surface area (Å²) in [6, 6.07) is 0. The lowest BCUT2D eigenvalue weighted by atomic mass is 9.77. The van der Waals surface area contributed by atoms with E-state index in [2.05, 4.69) is 44.8 Å². The highest BCUT2D eigenvalue weighted by Gasteiger charge is 2.29. The number of carbonyl (C=O) groups excluding carboxylic acids is 1. The largest absolute Gasteiger partial charge is 0.342 e. The summed E-state index contributed by atoms with van der Waals surface area (Å²) in [5.74, 6) is 1.89. The monoisotopic (exact) mass is 350 g/mol. The van der Waals surface area contributed by atoms with Crippen molar-refractivity contribution in [3.05, 3.63) is 0 Å². The fourth-order valence-corrected chi connectivity index (χ4v) is 4.91. The Bertz CT molecular complexity index is 418. The molecule has 146 valence electrons. The number of likely N-dealkylation sites (tertiary alicyclic amines) is 1. The zero-order valence-corrected chi connectivity index (χ0v) is 17.5. The first-order valence-corrected chi connectivity index (χ1v) is 10.6. The second-order valence-corrected chi connectivity index (χ2v) is 10.7. The normalized spacial score (nSPS) is 25.9. The summed E-state index contributed by atoms with van der Waals surface area (Å²) >= 11 is 0. The van der Waals surface area contributed by atoms with Crippen molar-refractivity contribution >= 4 is 5.91 Å². The Morgan fingerprint density at radius 2 is 1.76 bits per heavy atom. The SMILES string of the molecule is CC(C)(C)CC1CCCN(C(=O)CCC(C)(C)CC2CCCNC2)C1. The van der Waals surface area contributed by atoms with E-state index < -0.39 is 0 Å². The quantitative estimate of drug-likeness (QED) is 0.742. The lowest BCUT2D eigenvalue weighted by Gasteiger charge is -2.37. The van der Waals surface area contributed by atoms with E-state index in [0.29, 0.717) is 17.2 Å². The molecule has 2 atom stereocenters. The van der Waals surface area contributed by atoms with Gasteiger partial charge in [-0.05, 0) is 80.7 Å². The number of carbonyl (C=O) groups is 1. The van der Waals surface area contributed by atoms with Gasteiger partial charge in [-0.15, -0.1) is 0 Å². The van der Waals surface area contributed by atoms with E-state index in [1.807, 2.05) is 0 Å². The molecule has 1 N–H and O–H groups in total. The summed E-state index contributed by atoms with van der Waals surface area (Å²) < 4.78 is 0. The molecule has 0 saturated carbocycles. The molecule has 2 unspecified atom stereocenters. The maximum atomic E-state index is 12.8. The standard InChI is InChI=1S/C22H42N2O/c1-21(2,3)14-19-9-7-13-24(17-19)20(25)10-11-22(4,5)15-18-8-6-12-23-16-18/h18-19,23H,6-17H2,1-5H3. The van der Waals surface area contributed by atoms with Gasteiger partial charge in [-0.2, -0.15) is 0 Å². The van der Waals surface area contributed by atoms with Crippen molar-refractivity contribution in [3.8, 4) is 0 Å². The first-order chi connectivity index (χ1) is 11.6. The maximum absolute atomic E-state index is 12.8. The average molecular weight is 351 g/mol. The zero-order chi connectivity index (χ0) is 18.5. The third-order valence-electron chi connectivity index (χ3n) is 6.03. The van der Waals surface area contributed by atoms with E-state index in [0.717, 1.165) is 38.4 Å². The molecule has 2 fully saturated rings. The van der Waals surface area contributed by atoms with Crippen molar-refractivity contribution in [2.24, 2.45) is 22.7 Å². The minimum atomic E-state index is 0.278. The Morgan fingerprint density at radius 1 is 1.04 bits per heavy atom. The van der Waals surface area contributed by atoms with Crippen LogP contribution in [0.2, 0.25) is 0 Å². The topological polar surface area (TPSA) is 32.3 Å². The molecule has 25 heavy (non-hydrogen) atoms. The van der Waals surface area contributed by atoms with Crippen LogP contribution >= 0.6 is 0 Å². The van der Waals surface area contributed by atoms with Crippen LogP contribution < -0.4 is 5.32 Å². The number of amides is 1. The number of hydrogen-bond donors (Lipinski definition) is 1. The van der Waals surface area contributed by atoms with Gasteiger partial charge in [0.2, 0.25) is 5.91 Å². The summed E-state index contributed by atoms with van der Waals surface area (Å²) in [7, 11) is 0. The van der Waals surface area contributed by atoms with Gasteiger partial charge in [-0.1, -0.05) is 34.6 Å². The van der Waals surface area contributed by atoms with Crippen LogP contribution in [-0.4, -0.2) is 37.0 Å². The van der Waals surface area contributed by atoms with E-state index in [4.69, 9.17) is 0 Å². The molecule has 0 aromatic heterocycles.